The van der Waals surface area contributed by atoms with Crippen molar-refractivity contribution >= 4 is 17.6 Å². The van der Waals surface area contributed by atoms with Crippen molar-refractivity contribution in [3.8, 4) is 0 Å². The molecule has 0 spiro atoms. The van der Waals surface area contributed by atoms with E-state index in [1.807, 2.05) is 0 Å². The van der Waals surface area contributed by atoms with Gasteiger partial charge in [0.15, 0.2) is 0 Å². The Morgan fingerprint density at radius 3 is 2.67 bits per heavy atom. The highest BCUT2D eigenvalue weighted by atomic mass is 16.4. The average Bonchev–Trinajstić information content (AvgIpc) is 2.43. The van der Waals surface area contributed by atoms with Crippen molar-refractivity contribution in [1.29, 1.82) is 0 Å². The summed E-state index contributed by atoms with van der Waals surface area (Å²) in [5.74, 6) is -1.68. The molecule has 2 aromatic rings. The molecule has 3 N–H and O–H groups in total. The summed E-state index contributed by atoms with van der Waals surface area (Å²) in [5.41, 5.74) is -0.719. The quantitative estimate of drug-likeness (QED) is 0.724. The molecule has 0 fully saturated rings. The van der Waals surface area contributed by atoms with Gasteiger partial charge in [0.25, 0.3) is 11.1 Å². The van der Waals surface area contributed by atoms with E-state index in [1.165, 1.54) is 24.3 Å². The Balaban J connectivity index is 2.13. The van der Waals surface area contributed by atoms with Crippen LogP contribution in [0, 0.1) is 0 Å². The van der Waals surface area contributed by atoms with Crippen LogP contribution in [0.15, 0.2) is 46.0 Å². The lowest BCUT2D eigenvalue weighted by atomic mass is 10.2. The number of hydrogen-bond acceptors (Lipinski definition) is 4. The van der Waals surface area contributed by atoms with Crippen LogP contribution in [0.4, 0.5) is 5.69 Å². The number of benzene rings is 1. The highest BCUT2D eigenvalue weighted by Crippen LogP contribution is 2.10. The Kier molecular flexibility index (Phi) is 3.98. The van der Waals surface area contributed by atoms with Crippen LogP contribution in [-0.4, -0.2) is 26.8 Å². The van der Waals surface area contributed by atoms with E-state index >= 15 is 0 Å². The van der Waals surface area contributed by atoms with Gasteiger partial charge in [0, 0.05) is 17.8 Å². The SMILES string of the molecule is O=C(Cn1[nH]c(=O)ccc1=O)Nc1cccc(C(=O)O)c1. The number of carbonyl (C=O) groups excluding carboxylic acids is 1. The molecule has 8 heteroatoms. The van der Waals surface area contributed by atoms with Gasteiger partial charge >= 0.3 is 5.97 Å². The first kappa shape index (κ1) is 14.3. The molecule has 0 saturated heterocycles. The normalized spacial score (nSPS) is 10.1. The maximum absolute atomic E-state index is 11.8. The molecule has 108 valence electrons. The van der Waals surface area contributed by atoms with Crippen LogP contribution in [-0.2, 0) is 11.3 Å². The number of carboxylic acid groups (broad SMARTS) is 1. The van der Waals surface area contributed by atoms with Gasteiger partial charge in [0.2, 0.25) is 5.91 Å². The van der Waals surface area contributed by atoms with Crippen LogP contribution in [0.3, 0.4) is 0 Å². The molecular weight excluding hydrogens is 278 g/mol. The molecule has 0 radical (unpaired) electrons. The van der Waals surface area contributed by atoms with E-state index < -0.39 is 23.0 Å². The lowest BCUT2D eigenvalue weighted by molar-refractivity contribution is -0.117. The third kappa shape index (κ3) is 3.66. The molecule has 0 bridgehead atoms. The minimum absolute atomic E-state index is 0.0260. The molecule has 1 heterocycles. The van der Waals surface area contributed by atoms with Crippen LogP contribution in [0.1, 0.15) is 10.4 Å². The fourth-order valence-electron chi connectivity index (χ4n) is 1.65. The Morgan fingerprint density at radius 1 is 1.19 bits per heavy atom. The predicted octanol–water partition coefficient (Wildman–Crippen LogP) is -0.127. The Morgan fingerprint density at radius 2 is 1.95 bits per heavy atom. The van der Waals surface area contributed by atoms with Crippen molar-refractivity contribution in [2.45, 2.75) is 6.54 Å². The van der Waals surface area contributed by atoms with E-state index in [2.05, 4.69) is 10.4 Å². The van der Waals surface area contributed by atoms with Crippen LogP contribution in [0.2, 0.25) is 0 Å². The minimum atomic E-state index is -1.12. The van der Waals surface area contributed by atoms with E-state index in [1.54, 1.807) is 0 Å². The van der Waals surface area contributed by atoms with Crippen LogP contribution >= 0.6 is 0 Å². The fourth-order valence-corrected chi connectivity index (χ4v) is 1.65. The largest absolute Gasteiger partial charge is 0.478 e. The zero-order valence-electron chi connectivity index (χ0n) is 10.7. The summed E-state index contributed by atoms with van der Waals surface area (Å²) < 4.78 is 0.860. The predicted molar refractivity (Wildman–Crippen MR) is 73.4 cm³/mol. The van der Waals surface area contributed by atoms with E-state index in [0.29, 0.717) is 0 Å². The van der Waals surface area contributed by atoms with Gasteiger partial charge in [-0.1, -0.05) is 6.07 Å². The number of aromatic nitrogens is 2. The summed E-state index contributed by atoms with van der Waals surface area (Å²) in [6.07, 6.45) is 0. The highest BCUT2D eigenvalue weighted by molar-refractivity contribution is 5.93. The Bertz CT molecular complexity index is 806. The molecule has 0 atom stereocenters. The van der Waals surface area contributed by atoms with Gasteiger partial charge in [-0.25, -0.2) is 9.48 Å². The highest BCUT2D eigenvalue weighted by Gasteiger charge is 2.08. The number of aromatic carboxylic acids is 1. The number of H-pyrrole nitrogens is 1. The number of nitrogens with one attached hydrogen (secondary N) is 2. The zero-order valence-corrected chi connectivity index (χ0v) is 10.7. The average molecular weight is 289 g/mol. The molecule has 8 nitrogen and oxygen atoms in total. The summed E-state index contributed by atoms with van der Waals surface area (Å²) >= 11 is 0. The topological polar surface area (TPSA) is 121 Å². The second-order valence-electron chi connectivity index (χ2n) is 4.17. The minimum Gasteiger partial charge on any atom is -0.478 e. The molecular formula is C13H11N3O5. The van der Waals surface area contributed by atoms with Gasteiger partial charge in [-0.2, -0.15) is 0 Å². The number of amides is 1. The van der Waals surface area contributed by atoms with E-state index in [0.717, 1.165) is 16.8 Å². The summed E-state index contributed by atoms with van der Waals surface area (Å²) in [7, 11) is 0. The second-order valence-corrected chi connectivity index (χ2v) is 4.17. The third-order valence-electron chi connectivity index (χ3n) is 2.58. The summed E-state index contributed by atoms with van der Waals surface area (Å²) in [6, 6.07) is 7.79. The van der Waals surface area contributed by atoms with Crippen molar-refractivity contribution in [3.63, 3.8) is 0 Å². The summed E-state index contributed by atoms with van der Waals surface area (Å²) in [6.45, 7) is -0.383. The van der Waals surface area contributed by atoms with Gasteiger partial charge in [-0.05, 0) is 18.2 Å². The van der Waals surface area contributed by atoms with Crippen molar-refractivity contribution in [2.75, 3.05) is 5.32 Å². The molecule has 1 aromatic carbocycles. The Hall–Kier alpha value is -3.16. The van der Waals surface area contributed by atoms with Gasteiger partial charge in [-0.3, -0.25) is 19.5 Å². The molecule has 0 saturated carbocycles. The summed E-state index contributed by atoms with van der Waals surface area (Å²) in [4.78, 5) is 45.1. The molecule has 0 aliphatic heterocycles. The first-order valence-electron chi connectivity index (χ1n) is 5.89. The maximum Gasteiger partial charge on any atom is 0.335 e. The van der Waals surface area contributed by atoms with Gasteiger partial charge in [0.05, 0.1) is 5.56 Å². The number of hydrogen-bond donors (Lipinski definition) is 3. The van der Waals surface area contributed by atoms with Crippen molar-refractivity contribution in [3.05, 3.63) is 62.7 Å². The van der Waals surface area contributed by atoms with Crippen molar-refractivity contribution in [1.82, 2.24) is 9.78 Å². The maximum atomic E-state index is 11.8. The first-order chi connectivity index (χ1) is 9.95. The third-order valence-corrected chi connectivity index (χ3v) is 2.58. The van der Waals surface area contributed by atoms with Crippen LogP contribution < -0.4 is 16.4 Å². The smallest absolute Gasteiger partial charge is 0.335 e. The number of nitrogens with zero attached hydrogens (tertiary/aromatic N) is 1. The molecule has 1 amide bonds. The number of carboxylic acids is 1. The second kappa shape index (κ2) is 5.87. The Labute approximate surface area is 117 Å². The van der Waals surface area contributed by atoms with E-state index in [-0.39, 0.29) is 17.8 Å². The van der Waals surface area contributed by atoms with E-state index in [9.17, 15) is 19.2 Å². The van der Waals surface area contributed by atoms with Gasteiger partial charge in [0.1, 0.15) is 6.54 Å². The number of rotatable bonds is 4. The summed E-state index contributed by atoms with van der Waals surface area (Å²) in [5, 5.41) is 13.5. The first-order valence-corrected chi connectivity index (χ1v) is 5.89. The van der Waals surface area contributed by atoms with Gasteiger partial charge < -0.3 is 10.4 Å². The number of carbonyl (C=O) groups is 2. The lowest BCUT2D eigenvalue weighted by Crippen LogP contribution is -2.32. The number of aromatic amines is 1. The molecule has 2 rings (SSSR count). The number of anilines is 1. The fraction of sp³-hybridized carbons (Fsp3) is 0.0769. The zero-order chi connectivity index (χ0) is 15.4. The van der Waals surface area contributed by atoms with Crippen LogP contribution in [0.25, 0.3) is 0 Å². The molecule has 0 aliphatic carbocycles. The molecule has 1 aromatic heterocycles. The molecule has 0 aliphatic rings. The monoisotopic (exact) mass is 289 g/mol. The lowest BCUT2D eigenvalue weighted by Gasteiger charge is -2.07. The molecule has 21 heavy (non-hydrogen) atoms. The standard InChI is InChI=1S/C13H11N3O5/c17-10-4-5-12(19)16(15-10)7-11(18)14-9-3-1-2-8(6-9)13(20)21/h1-6H,7H2,(H,14,18)(H,15,17)(H,20,21). The van der Waals surface area contributed by atoms with Gasteiger partial charge in [-0.15, -0.1) is 0 Å². The van der Waals surface area contributed by atoms with Crippen LogP contribution in [0.5, 0.6) is 0 Å². The van der Waals surface area contributed by atoms with Crippen molar-refractivity contribution in [2.24, 2.45) is 0 Å². The van der Waals surface area contributed by atoms with Crippen molar-refractivity contribution < 1.29 is 14.7 Å². The van der Waals surface area contributed by atoms with E-state index in [4.69, 9.17) is 5.11 Å². The molecule has 0 unspecified atom stereocenters.